The van der Waals surface area contributed by atoms with E-state index in [1.54, 1.807) is 6.07 Å². The molecule has 0 amide bonds. The molecule has 0 saturated heterocycles. The highest BCUT2D eigenvalue weighted by molar-refractivity contribution is 5.86. The van der Waals surface area contributed by atoms with Crippen LogP contribution in [0.1, 0.15) is 41.8 Å². The Morgan fingerprint density at radius 2 is 2.26 bits per heavy atom. The van der Waals surface area contributed by atoms with Gasteiger partial charge in [0.15, 0.2) is 11.5 Å². The first kappa shape index (κ1) is 13.3. The molecule has 0 saturated carbocycles. The molecule has 2 heterocycles. The average molecular weight is 266 g/mol. The maximum atomic E-state index is 11.1. The fourth-order valence-corrected chi connectivity index (χ4v) is 1.61. The third kappa shape index (κ3) is 2.65. The molecule has 2 rings (SSSR count). The smallest absolute Gasteiger partial charge is 0.373 e. The number of aromatic nitrogens is 2. The molecule has 0 aromatic carbocycles. The highest BCUT2D eigenvalue weighted by atomic mass is 16.5. The third-order valence-electron chi connectivity index (χ3n) is 2.46. The van der Waals surface area contributed by atoms with Crippen LogP contribution in [0.3, 0.4) is 0 Å². The van der Waals surface area contributed by atoms with Crippen LogP contribution in [-0.2, 0) is 11.3 Å². The molecule has 19 heavy (non-hydrogen) atoms. The zero-order valence-corrected chi connectivity index (χ0v) is 10.8. The minimum atomic E-state index is -1.15. The summed E-state index contributed by atoms with van der Waals surface area (Å²) in [5, 5.41) is 12.8. The van der Waals surface area contributed by atoms with E-state index in [-0.39, 0.29) is 24.2 Å². The van der Waals surface area contributed by atoms with Gasteiger partial charge in [-0.3, -0.25) is 0 Å². The van der Waals surface area contributed by atoms with Crippen LogP contribution in [0.2, 0.25) is 0 Å². The van der Waals surface area contributed by atoms with Crippen molar-refractivity contribution in [3.05, 3.63) is 23.3 Å². The van der Waals surface area contributed by atoms with Gasteiger partial charge in [-0.2, -0.15) is 0 Å². The minimum absolute atomic E-state index is 0.0612. The van der Waals surface area contributed by atoms with Crippen molar-refractivity contribution in [1.82, 2.24) is 10.1 Å². The Bertz CT molecular complexity index is 585. The molecule has 0 bridgehead atoms. The van der Waals surface area contributed by atoms with Crippen molar-refractivity contribution in [3.63, 3.8) is 0 Å². The number of hydrogen-bond donors (Lipinski definition) is 1. The summed E-state index contributed by atoms with van der Waals surface area (Å²) in [6.45, 7) is 3.96. The Labute approximate surface area is 109 Å². The predicted molar refractivity (Wildman–Crippen MR) is 63.8 cm³/mol. The standard InChI is InChI=1S/C12H14N2O5/c1-6(2)9-10(12(15)16)18-11(13-9)8-4-7(5-17-3)19-14-8/h4,6H,5H2,1-3H3,(H,15,16). The Morgan fingerprint density at radius 3 is 2.79 bits per heavy atom. The predicted octanol–water partition coefficient (Wildman–Crippen LogP) is 2.30. The summed E-state index contributed by atoms with van der Waals surface area (Å²) in [4.78, 5) is 15.2. The number of ether oxygens (including phenoxy) is 1. The number of hydrogen-bond acceptors (Lipinski definition) is 6. The molecule has 7 heteroatoms. The number of methoxy groups -OCH3 is 1. The molecule has 0 aliphatic carbocycles. The summed E-state index contributed by atoms with van der Waals surface area (Å²) < 4.78 is 15.2. The molecule has 0 fully saturated rings. The Morgan fingerprint density at radius 1 is 1.53 bits per heavy atom. The van der Waals surface area contributed by atoms with E-state index in [0.29, 0.717) is 17.1 Å². The Hall–Kier alpha value is -2.15. The highest BCUT2D eigenvalue weighted by Gasteiger charge is 2.24. The average Bonchev–Trinajstić information content (AvgIpc) is 2.94. The summed E-state index contributed by atoms with van der Waals surface area (Å²) in [7, 11) is 1.53. The van der Waals surface area contributed by atoms with Crippen molar-refractivity contribution in [3.8, 4) is 11.6 Å². The molecule has 0 unspecified atom stereocenters. The Kier molecular flexibility index (Phi) is 3.66. The van der Waals surface area contributed by atoms with E-state index < -0.39 is 5.97 Å². The summed E-state index contributed by atoms with van der Waals surface area (Å²) >= 11 is 0. The Balaban J connectivity index is 2.39. The molecular formula is C12H14N2O5. The van der Waals surface area contributed by atoms with Gasteiger partial charge in [-0.1, -0.05) is 19.0 Å². The molecule has 2 aromatic heterocycles. The van der Waals surface area contributed by atoms with E-state index in [1.165, 1.54) is 7.11 Å². The lowest BCUT2D eigenvalue weighted by molar-refractivity contribution is 0.0661. The zero-order valence-electron chi connectivity index (χ0n) is 10.8. The van der Waals surface area contributed by atoms with Gasteiger partial charge in [-0.25, -0.2) is 9.78 Å². The summed E-state index contributed by atoms with van der Waals surface area (Å²) in [5.74, 6) is -0.732. The molecule has 0 spiro atoms. The topological polar surface area (TPSA) is 98.6 Å². The van der Waals surface area contributed by atoms with Crippen molar-refractivity contribution >= 4 is 5.97 Å². The summed E-state index contributed by atoms with van der Waals surface area (Å²) in [6, 6.07) is 1.60. The maximum Gasteiger partial charge on any atom is 0.373 e. The normalized spacial score (nSPS) is 11.2. The minimum Gasteiger partial charge on any atom is -0.475 e. The number of oxazole rings is 1. The second-order valence-electron chi connectivity index (χ2n) is 4.30. The van der Waals surface area contributed by atoms with E-state index >= 15 is 0 Å². The van der Waals surface area contributed by atoms with Crippen LogP contribution in [0, 0.1) is 0 Å². The van der Waals surface area contributed by atoms with E-state index in [2.05, 4.69) is 10.1 Å². The number of aromatic carboxylic acids is 1. The van der Waals surface area contributed by atoms with Gasteiger partial charge in [-0.15, -0.1) is 0 Å². The SMILES string of the molecule is COCc1cc(-c2nc(C(C)C)c(C(=O)O)o2)no1. The number of rotatable bonds is 5. The van der Waals surface area contributed by atoms with Crippen molar-refractivity contribution in [2.24, 2.45) is 0 Å². The van der Waals surface area contributed by atoms with Crippen LogP contribution >= 0.6 is 0 Å². The van der Waals surface area contributed by atoms with E-state index in [0.717, 1.165) is 0 Å². The number of carbonyl (C=O) groups is 1. The first-order chi connectivity index (χ1) is 9.02. The van der Waals surface area contributed by atoms with Crippen LogP contribution < -0.4 is 0 Å². The van der Waals surface area contributed by atoms with Gasteiger partial charge >= 0.3 is 5.97 Å². The van der Waals surface area contributed by atoms with Crippen LogP contribution in [0.4, 0.5) is 0 Å². The number of nitrogens with zero attached hydrogens (tertiary/aromatic N) is 2. The first-order valence-corrected chi connectivity index (χ1v) is 5.71. The van der Waals surface area contributed by atoms with E-state index in [4.69, 9.17) is 18.8 Å². The van der Waals surface area contributed by atoms with Gasteiger partial charge in [-0.05, 0) is 5.92 Å². The van der Waals surface area contributed by atoms with Gasteiger partial charge in [0.05, 0.1) is 5.69 Å². The number of carboxylic acid groups (broad SMARTS) is 1. The van der Waals surface area contributed by atoms with Gasteiger partial charge in [0.25, 0.3) is 0 Å². The first-order valence-electron chi connectivity index (χ1n) is 5.71. The van der Waals surface area contributed by atoms with E-state index in [9.17, 15) is 4.79 Å². The fraction of sp³-hybridized carbons (Fsp3) is 0.417. The molecule has 1 N–H and O–H groups in total. The second kappa shape index (κ2) is 5.23. The van der Waals surface area contributed by atoms with Crippen molar-refractivity contribution in [2.45, 2.75) is 26.4 Å². The molecular weight excluding hydrogens is 252 g/mol. The molecule has 0 atom stereocenters. The van der Waals surface area contributed by atoms with Gasteiger partial charge < -0.3 is 18.8 Å². The maximum absolute atomic E-state index is 11.1. The summed E-state index contributed by atoms with van der Waals surface area (Å²) in [6.07, 6.45) is 0. The lowest BCUT2D eigenvalue weighted by Crippen LogP contribution is -2.01. The van der Waals surface area contributed by atoms with Gasteiger partial charge in [0.2, 0.25) is 11.7 Å². The third-order valence-corrected chi connectivity index (χ3v) is 2.46. The van der Waals surface area contributed by atoms with E-state index in [1.807, 2.05) is 13.8 Å². The van der Waals surface area contributed by atoms with Crippen molar-refractivity contribution in [2.75, 3.05) is 7.11 Å². The number of carboxylic acids is 1. The van der Waals surface area contributed by atoms with Crippen molar-refractivity contribution < 1.29 is 23.6 Å². The second-order valence-corrected chi connectivity index (χ2v) is 4.30. The monoisotopic (exact) mass is 266 g/mol. The zero-order chi connectivity index (χ0) is 14.0. The molecule has 0 aliphatic rings. The molecule has 2 aromatic rings. The molecule has 102 valence electrons. The lowest BCUT2D eigenvalue weighted by Gasteiger charge is -1.98. The van der Waals surface area contributed by atoms with Crippen LogP contribution in [-0.4, -0.2) is 28.3 Å². The fourth-order valence-electron chi connectivity index (χ4n) is 1.61. The lowest BCUT2D eigenvalue weighted by atomic mass is 10.1. The molecule has 7 nitrogen and oxygen atoms in total. The van der Waals surface area contributed by atoms with Crippen molar-refractivity contribution in [1.29, 1.82) is 0 Å². The summed E-state index contributed by atoms with van der Waals surface area (Å²) in [5.41, 5.74) is 0.736. The van der Waals surface area contributed by atoms with Crippen LogP contribution in [0.15, 0.2) is 15.0 Å². The molecule has 0 aliphatic heterocycles. The molecule has 0 radical (unpaired) electrons. The highest BCUT2D eigenvalue weighted by Crippen LogP contribution is 2.26. The van der Waals surface area contributed by atoms with Gasteiger partial charge in [0, 0.05) is 13.2 Å². The van der Waals surface area contributed by atoms with Crippen LogP contribution in [0.5, 0.6) is 0 Å². The quantitative estimate of drug-likeness (QED) is 0.886. The van der Waals surface area contributed by atoms with Gasteiger partial charge in [0.1, 0.15) is 6.61 Å². The largest absolute Gasteiger partial charge is 0.475 e. The van der Waals surface area contributed by atoms with Crippen LogP contribution in [0.25, 0.3) is 11.6 Å².